The first kappa shape index (κ1) is 18.8. The van der Waals surface area contributed by atoms with E-state index in [1.165, 1.54) is 12.1 Å². The Kier molecular flexibility index (Phi) is 5.58. The number of carbonyl (C=O) groups excluding carboxylic acids is 2. The molecule has 1 atom stereocenters. The molecule has 0 radical (unpaired) electrons. The highest BCUT2D eigenvalue weighted by Crippen LogP contribution is 2.32. The van der Waals surface area contributed by atoms with E-state index in [1.807, 2.05) is 19.0 Å². The number of hydrogen-bond acceptors (Lipinski definition) is 4. The standard InChI is InChI=1S/C19H26FN3O3/c1-21(2)9-4-7-17(24)22-10-8-19(13-22)14-23(18(25)12-26-19)16-6-3-5-15(20)11-16/h3,5-6,11H,4,7-10,12-14H2,1-2H3. The van der Waals surface area contributed by atoms with E-state index in [2.05, 4.69) is 4.90 Å². The number of rotatable bonds is 5. The molecule has 0 saturated carbocycles. The lowest BCUT2D eigenvalue weighted by Gasteiger charge is -2.40. The van der Waals surface area contributed by atoms with Crippen molar-refractivity contribution in [1.82, 2.24) is 9.80 Å². The molecule has 1 aromatic rings. The minimum atomic E-state index is -0.558. The van der Waals surface area contributed by atoms with Crippen LogP contribution in [-0.2, 0) is 14.3 Å². The molecule has 2 saturated heterocycles. The molecule has 0 aliphatic carbocycles. The average molecular weight is 363 g/mol. The van der Waals surface area contributed by atoms with Crippen LogP contribution < -0.4 is 4.90 Å². The topological polar surface area (TPSA) is 53.1 Å². The quantitative estimate of drug-likeness (QED) is 0.796. The van der Waals surface area contributed by atoms with Crippen LogP contribution >= 0.6 is 0 Å². The Balaban J connectivity index is 1.64. The van der Waals surface area contributed by atoms with Gasteiger partial charge in [0.2, 0.25) is 5.91 Å². The van der Waals surface area contributed by atoms with Crippen molar-refractivity contribution < 1.29 is 18.7 Å². The Bertz CT molecular complexity index is 682. The van der Waals surface area contributed by atoms with E-state index in [-0.39, 0.29) is 24.2 Å². The van der Waals surface area contributed by atoms with Crippen LogP contribution in [0.3, 0.4) is 0 Å². The van der Waals surface area contributed by atoms with Crippen molar-refractivity contribution in [3.05, 3.63) is 30.1 Å². The maximum atomic E-state index is 13.5. The van der Waals surface area contributed by atoms with Crippen molar-refractivity contribution in [3.63, 3.8) is 0 Å². The molecule has 0 aromatic heterocycles. The molecule has 2 fully saturated rings. The number of hydrogen-bond donors (Lipinski definition) is 0. The number of anilines is 1. The van der Waals surface area contributed by atoms with Gasteiger partial charge >= 0.3 is 0 Å². The molecule has 142 valence electrons. The third kappa shape index (κ3) is 4.22. The Labute approximate surface area is 153 Å². The number of amides is 2. The first-order chi connectivity index (χ1) is 12.4. The lowest BCUT2D eigenvalue weighted by molar-refractivity contribution is -0.139. The summed E-state index contributed by atoms with van der Waals surface area (Å²) >= 11 is 0. The minimum absolute atomic E-state index is 0.0425. The van der Waals surface area contributed by atoms with E-state index < -0.39 is 5.60 Å². The summed E-state index contributed by atoms with van der Waals surface area (Å²) in [7, 11) is 3.98. The number of ether oxygens (including phenoxy) is 1. The van der Waals surface area contributed by atoms with E-state index in [0.717, 1.165) is 13.0 Å². The molecule has 0 N–H and O–H groups in total. The average Bonchev–Trinajstić information content (AvgIpc) is 3.01. The Morgan fingerprint density at radius 3 is 2.88 bits per heavy atom. The Hall–Kier alpha value is -1.99. The normalized spacial score (nSPS) is 23.3. The fraction of sp³-hybridized carbons (Fsp3) is 0.579. The predicted octanol–water partition coefficient (Wildman–Crippen LogP) is 1.50. The monoisotopic (exact) mass is 363 g/mol. The molecular formula is C19H26FN3O3. The van der Waals surface area contributed by atoms with E-state index in [9.17, 15) is 14.0 Å². The second kappa shape index (κ2) is 7.72. The maximum absolute atomic E-state index is 13.5. The highest BCUT2D eigenvalue weighted by atomic mass is 19.1. The molecule has 1 unspecified atom stereocenters. The molecule has 0 bridgehead atoms. The lowest BCUT2D eigenvalue weighted by atomic mass is 10.00. The van der Waals surface area contributed by atoms with Gasteiger partial charge in [-0.1, -0.05) is 6.07 Å². The van der Waals surface area contributed by atoms with Gasteiger partial charge in [-0.2, -0.15) is 0 Å². The van der Waals surface area contributed by atoms with Crippen LogP contribution in [0.15, 0.2) is 24.3 Å². The van der Waals surface area contributed by atoms with Gasteiger partial charge in [0.1, 0.15) is 18.0 Å². The fourth-order valence-electron chi connectivity index (χ4n) is 3.60. The maximum Gasteiger partial charge on any atom is 0.253 e. The van der Waals surface area contributed by atoms with Crippen molar-refractivity contribution >= 4 is 17.5 Å². The van der Waals surface area contributed by atoms with Crippen molar-refractivity contribution in [1.29, 1.82) is 0 Å². The summed E-state index contributed by atoms with van der Waals surface area (Å²) < 4.78 is 19.4. The third-order valence-electron chi connectivity index (χ3n) is 5.03. The lowest BCUT2D eigenvalue weighted by Crippen LogP contribution is -2.56. The van der Waals surface area contributed by atoms with Crippen LogP contribution in [-0.4, -0.2) is 74.1 Å². The molecule has 2 aliphatic heterocycles. The number of carbonyl (C=O) groups is 2. The zero-order valence-corrected chi connectivity index (χ0v) is 15.4. The van der Waals surface area contributed by atoms with Gasteiger partial charge in [0, 0.05) is 18.7 Å². The summed E-state index contributed by atoms with van der Waals surface area (Å²) in [4.78, 5) is 30.2. The summed E-state index contributed by atoms with van der Waals surface area (Å²) in [6.07, 6.45) is 2.02. The smallest absolute Gasteiger partial charge is 0.253 e. The van der Waals surface area contributed by atoms with Crippen LogP contribution in [0.25, 0.3) is 0 Å². The number of likely N-dealkylation sites (tertiary alicyclic amines) is 1. The third-order valence-corrected chi connectivity index (χ3v) is 5.03. The molecule has 1 aromatic carbocycles. The highest BCUT2D eigenvalue weighted by molar-refractivity contribution is 5.95. The van der Waals surface area contributed by atoms with Crippen molar-refractivity contribution in [2.45, 2.75) is 24.9 Å². The van der Waals surface area contributed by atoms with Gasteiger partial charge in [-0.3, -0.25) is 9.59 Å². The highest BCUT2D eigenvalue weighted by Gasteiger charge is 2.46. The number of nitrogens with zero attached hydrogens (tertiary/aromatic N) is 3. The molecule has 3 rings (SSSR count). The van der Waals surface area contributed by atoms with E-state index >= 15 is 0 Å². The zero-order chi connectivity index (χ0) is 18.7. The van der Waals surface area contributed by atoms with Gasteiger partial charge in [0.15, 0.2) is 0 Å². The van der Waals surface area contributed by atoms with E-state index in [1.54, 1.807) is 17.0 Å². The van der Waals surface area contributed by atoms with Crippen LogP contribution in [0.2, 0.25) is 0 Å². The van der Waals surface area contributed by atoms with Gasteiger partial charge in [-0.25, -0.2) is 4.39 Å². The molecule has 1 spiro atoms. The van der Waals surface area contributed by atoms with Gasteiger partial charge < -0.3 is 19.4 Å². The van der Waals surface area contributed by atoms with Gasteiger partial charge in [0.25, 0.3) is 5.91 Å². The SMILES string of the molecule is CN(C)CCCC(=O)N1CCC2(C1)CN(c1cccc(F)c1)C(=O)CO2. The van der Waals surface area contributed by atoms with Crippen molar-refractivity contribution in [2.75, 3.05) is 51.8 Å². The van der Waals surface area contributed by atoms with Gasteiger partial charge in [-0.05, 0) is 51.7 Å². The molecule has 2 heterocycles. The number of benzene rings is 1. The first-order valence-corrected chi connectivity index (χ1v) is 9.01. The van der Waals surface area contributed by atoms with Crippen LogP contribution in [0.4, 0.5) is 10.1 Å². The van der Waals surface area contributed by atoms with Crippen molar-refractivity contribution in [3.8, 4) is 0 Å². The zero-order valence-electron chi connectivity index (χ0n) is 15.4. The minimum Gasteiger partial charge on any atom is -0.361 e. The molecular weight excluding hydrogens is 337 g/mol. The molecule has 7 heteroatoms. The molecule has 2 aliphatic rings. The second-order valence-electron chi connectivity index (χ2n) is 7.40. The molecule has 6 nitrogen and oxygen atoms in total. The summed E-state index contributed by atoms with van der Waals surface area (Å²) in [6.45, 7) is 2.29. The summed E-state index contributed by atoms with van der Waals surface area (Å²) in [6, 6.07) is 6.03. The summed E-state index contributed by atoms with van der Waals surface area (Å²) in [5.41, 5.74) is -0.0225. The first-order valence-electron chi connectivity index (χ1n) is 9.01. The molecule has 26 heavy (non-hydrogen) atoms. The number of morpholine rings is 1. The Morgan fingerprint density at radius 2 is 2.15 bits per heavy atom. The van der Waals surface area contributed by atoms with Crippen molar-refractivity contribution in [2.24, 2.45) is 0 Å². The largest absolute Gasteiger partial charge is 0.361 e. The van der Waals surface area contributed by atoms with Crippen LogP contribution in [0.1, 0.15) is 19.3 Å². The molecule has 2 amide bonds. The predicted molar refractivity (Wildman–Crippen MR) is 96.4 cm³/mol. The van der Waals surface area contributed by atoms with Crippen LogP contribution in [0.5, 0.6) is 0 Å². The van der Waals surface area contributed by atoms with E-state index in [4.69, 9.17) is 4.74 Å². The summed E-state index contributed by atoms with van der Waals surface area (Å²) in [5, 5.41) is 0. The van der Waals surface area contributed by atoms with Gasteiger partial charge in [0.05, 0.1) is 13.1 Å². The Morgan fingerprint density at radius 1 is 1.35 bits per heavy atom. The second-order valence-corrected chi connectivity index (χ2v) is 7.40. The number of halogens is 1. The van der Waals surface area contributed by atoms with E-state index in [0.29, 0.717) is 38.2 Å². The summed E-state index contributed by atoms with van der Waals surface area (Å²) in [5.74, 6) is -0.432. The fourth-order valence-corrected chi connectivity index (χ4v) is 3.60. The van der Waals surface area contributed by atoms with Crippen LogP contribution in [0, 0.1) is 5.82 Å². The van der Waals surface area contributed by atoms with Gasteiger partial charge in [-0.15, -0.1) is 0 Å².